The van der Waals surface area contributed by atoms with Crippen molar-refractivity contribution in [3.63, 3.8) is 0 Å². The molecule has 6 heteroatoms. The van der Waals surface area contributed by atoms with Gasteiger partial charge in [-0.05, 0) is 36.1 Å². The topological polar surface area (TPSA) is 81.7 Å². The summed E-state index contributed by atoms with van der Waals surface area (Å²) in [6.45, 7) is 5.40. The Morgan fingerprint density at radius 2 is 1.76 bits per heavy atom. The van der Waals surface area contributed by atoms with Crippen LogP contribution in [0, 0.1) is 12.8 Å². The maximum atomic E-state index is 12.7. The van der Waals surface area contributed by atoms with Crippen LogP contribution in [0.1, 0.15) is 47.7 Å². The van der Waals surface area contributed by atoms with Crippen molar-refractivity contribution < 1.29 is 23.9 Å². The molecule has 6 nitrogen and oxygen atoms in total. The van der Waals surface area contributed by atoms with Gasteiger partial charge in [0.15, 0.2) is 6.61 Å². The minimum Gasteiger partial charge on any atom is -0.465 e. The number of carbonyl (C=O) groups is 3. The van der Waals surface area contributed by atoms with E-state index in [-0.39, 0.29) is 5.92 Å². The Kier molecular flexibility index (Phi) is 7.95. The monoisotopic (exact) mass is 397 g/mol. The number of rotatable bonds is 8. The number of hydrogen-bond donors (Lipinski definition) is 1. The summed E-state index contributed by atoms with van der Waals surface area (Å²) in [5.74, 6) is -1.75. The number of nitrogens with one attached hydrogen (secondary N) is 1. The van der Waals surface area contributed by atoms with Crippen LogP contribution >= 0.6 is 0 Å². The molecule has 0 saturated carbocycles. The summed E-state index contributed by atoms with van der Waals surface area (Å²) >= 11 is 0. The molecule has 0 radical (unpaired) electrons. The molecule has 0 aliphatic rings. The molecule has 154 valence electrons. The summed E-state index contributed by atoms with van der Waals surface area (Å²) in [6.07, 6.45) is 0.806. The highest BCUT2D eigenvalue weighted by molar-refractivity contribution is 5.96. The van der Waals surface area contributed by atoms with Crippen molar-refractivity contribution in [1.29, 1.82) is 0 Å². The predicted molar refractivity (Wildman–Crippen MR) is 111 cm³/mol. The van der Waals surface area contributed by atoms with Crippen LogP contribution < -0.4 is 5.32 Å². The summed E-state index contributed by atoms with van der Waals surface area (Å²) in [5.41, 5.74) is 2.44. The molecule has 2 aromatic carbocycles. The van der Waals surface area contributed by atoms with Crippen LogP contribution in [0.15, 0.2) is 48.5 Å². The second-order valence-corrected chi connectivity index (χ2v) is 6.95. The zero-order valence-electron chi connectivity index (χ0n) is 17.2. The van der Waals surface area contributed by atoms with Gasteiger partial charge in [0, 0.05) is 5.69 Å². The van der Waals surface area contributed by atoms with Crippen molar-refractivity contribution in [2.75, 3.05) is 19.0 Å². The van der Waals surface area contributed by atoms with Gasteiger partial charge in [0.1, 0.15) is 0 Å². The maximum absolute atomic E-state index is 12.7. The molecular weight excluding hydrogens is 370 g/mol. The second kappa shape index (κ2) is 10.4. The van der Waals surface area contributed by atoms with E-state index in [0.717, 1.165) is 17.5 Å². The molecule has 0 bridgehead atoms. The fourth-order valence-electron chi connectivity index (χ4n) is 3.01. The molecular formula is C23H27NO5. The van der Waals surface area contributed by atoms with Gasteiger partial charge >= 0.3 is 11.9 Å². The van der Waals surface area contributed by atoms with Gasteiger partial charge in [-0.1, -0.05) is 56.7 Å². The number of carbonyl (C=O) groups excluding carboxylic acids is 3. The van der Waals surface area contributed by atoms with Crippen molar-refractivity contribution in [3.8, 4) is 0 Å². The number of anilines is 1. The lowest BCUT2D eigenvalue weighted by molar-refractivity contribution is -0.150. The average Bonchev–Trinajstić information content (AvgIpc) is 2.74. The minimum atomic E-state index is -0.494. The highest BCUT2D eigenvalue weighted by Gasteiger charge is 2.27. The molecule has 2 aromatic rings. The molecule has 1 N–H and O–H groups in total. The molecule has 0 saturated heterocycles. The summed E-state index contributed by atoms with van der Waals surface area (Å²) < 4.78 is 10.0. The van der Waals surface area contributed by atoms with E-state index in [9.17, 15) is 14.4 Å². The zero-order valence-corrected chi connectivity index (χ0v) is 17.2. The highest BCUT2D eigenvalue weighted by Crippen LogP contribution is 2.28. The van der Waals surface area contributed by atoms with E-state index in [2.05, 4.69) is 5.32 Å². The van der Waals surface area contributed by atoms with Gasteiger partial charge in [-0.2, -0.15) is 0 Å². The molecule has 0 fully saturated rings. The molecule has 0 heterocycles. The molecule has 0 spiro atoms. The fraction of sp³-hybridized carbons (Fsp3) is 0.348. The largest absolute Gasteiger partial charge is 0.465 e. The Balaban J connectivity index is 2.04. The molecule has 2 rings (SSSR count). The SMILES string of the molecule is CC[C@H](C)[C@@H](C(=O)OCC(=O)Nc1cc(C(=O)OC)ccc1C)c1ccccc1. The first-order valence-corrected chi connectivity index (χ1v) is 9.57. The van der Waals surface area contributed by atoms with Crippen molar-refractivity contribution in [3.05, 3.63) is 65.2 Å². The number of amides is 1. The van der Waals surface area contributed by atoms with Gasteiger partial charge in [-0.3, -0.25) is 9.59 Å². The van der Waals surface area contributed by atoms with Crippen molar-refractivity contribution in [2.24, 2.45) is 5.92 Å². The third-order valence-corrected chi connectivity index (χ3v) is 4.90. The quantitative estimate of drug-likeness (QED) is 0.679. The van der Waals surface area contributed by atoms with E-state index >= 15 is 0 Å². The number of benzene rings is 2. The first-order chi connectivity index (χ1) is 13.9. The fourth-order valence-corrected chi connectivity index (χ4v) is 3.01. The lowest BCUT2D eigenvalue weighted by atomic mass is 9.86. The molecule has 2 atom stereocenters. The van der Waals surface area contributed by atoms with Gasteiger partial charge in [0.2, 0.25) is 0 Å². The van der Waals surface area contributed by atoms with Crippen LogP contribution in [-0.4, -0.2) is 31.6 Å². The molecule has 29 heavy (non-hydrogen) atoms. The van der Waals surface area contributed by atoms with Crippen molar-refractivity contribution >= 4 is 23.5 Å². The van der Waals surface area contributed by atoms with Gasteiger partial charge in [0.05, 0.1) is 18.6 Å². The minimum absolute atomic E-state index is 0.0759. The van der Waals surface area contributed by atoms with Crippen molar-refractivity contribution in [1.82, 2.24) is 0 Å². The molecule has 1 amide bonds. The normalized spacial score (nSPS) is 12.6. The number of ether oxygens (including phenoxy) is 2. The third-order valence-electron chi connectivity index (χ3n) is 4.90. The molecule has 0 unspecified atom stereocenters. The maximum Gasteiger partial charge on any atom is 0.337 e. The Morgan fingerprint density at radius 1 is 1.07 bits per heavy atom. The van der Waals surface area contributed by atoms with E-state index in [1.165, 1.54) is 13.2 Å². The first-order valence-electron chi connectivity index (χ1n) is 9.57. The number of esters is 2. The van der Waals surface area contributed by atoms with E-state index in [4.69, 9.17) is 9.47 Å². The van der Waals surface area contributed by atoms with Crippen LogP contribution in [0.3, 0.4) is 0 Å². The molecule has 0 aliphatic carbocycles. The number of aryl methyl sites for hydroxylation is 1. The van der Waals surface area contributed by atoms with Crippen LogP contribution in [0.25, 0.3) is 0 Å². The second-order valence-electron chi connectivity index (χ2n) is 6.95. The van der Waals surface area contributed by atoms with Crippen LogP contribution in [-0.2, 0) is 19.1 Å². The summed E-state index contributed by atoms with van der Waals surface area (Å²) in [4.78, 5) is 36.7. The van der Waals surface area contributed by atoms with Crippen molar-refractivity contribution in [2.45, 2.75) is 33.1 Å². The lowest BCUT2D eigenvalue weighted by Crippen LogP contribution is -2.27. The Bertz CT molecular complexity index is 863. The smallest absolute Gasteiger partial charge is 0.337 e. The molecule has 0 aliphatic heterocycles. The number of hydrogen-bond acceptors (Lipinski definition) is 5. The first kappa shape index (κ1) is 22.1. The summed E-state index contributed by atoms with van der Waals surface area (Å²) in [6, 6.07) is 14.3. The Labute approximate surface area is 171 Å². The lowest BCUT2D eigenvalue weighted by Gasteiger charge is -2.21. The van der Waals surface area contributed by atoms with Crippen LogP contribution in [0.4, 0.5) is 5.69 Å². The van der Waals surface area contributed by atoms with Crippen LogP contribution in [0.5, 0.6) is 0 Å². The predicted octanol–water partition coefficient (Wildman–Crippen LogP) is 4.09. The molecule has 0 aromatic heterocycles. The van der Waals surface area contributed by atoms with Gasteiger partial charge in [-0.15, -0.1) is 0 Å². The summed E-state index contributed by atoms with van der Waals surface area (Å²) in [5, 5.41) is 2.68. The van der Waals surface area contributed by atoms with E-state index in [1.54, 1.807) is 19.1 Å². The van der Waals surface area contributed by atoms with E-state index in [0.29, 0.717) is 11.3 Å². The highest BCUT2D eigenvalue weighted by atomic mass is 16.5. The van der Waals surface area contributed by atoms with Gasteiger partial charge < -0.3 is 14.8 Å². The number of methoxy groups -OCH3 is 1. The van der Waals surface area contributed by atoms with Gasteiger partial charge in [-0.25, -0.2) is 4.79 Å². The Hall–Kier alpha value is -3.15. The van der Waals surface area contributed by atoms with Gasteiger partial charge in [0.25, 0.3) is 5.91 Å². The van der Waals surface area contributed by atoms with E-state index in [1.807, 2.05) is 44.2 Å². The zero-order chi connectivity index (χ0) is 21.4. The standard InChI is InChI=1S/C23H27NO5/c1-5-15(2)21(17-9-7-6-8-10-17)23(27)29-14-20(25)24-19-13-18(22(26)28-4)12-11-16(19)3/h6-13,15,21H,5,14H2,1-4H3,(H,24,25)/t15-,21+/m0/s1. The van der Waals surface area contributed by atoms with Crippen LogP contribution in [0.2, 0.25) is 0 Å². The average molecular weight is 397 g/mol. The van der Waals surface area contributed by atoms with E-state index < -0.39 is 30.4 Å². The third kappa shape index (κ3) is 5.91. The summed E-state index contributed by atoms with van der Waals surface area (Å²) in [7, 11) is 1.29. The Morgan fingerprint density at radius 3 is 2.38 bits per heavy atom.